The van der Waals surface area contributed by atoms with Gasteiger partial charge in [-0.05, 0) is 18.8 Å². The second-order valence-corrected chi connectivity index (χ2v) is 4.02. The predicted molar refractivity (Wildman–Crippen MR) is 55.8 cm³/mol. The van der Waals surface area contributed by atoms with Crippen LogP contribution < -0.4 is 5.32 Å². The lowest BCUT2D eigenvalue weighted by Crippen LogP contribution is -2.12. The number of carboxylic acids is 1. The van der Waals surface area contributed by atoms with Crippen LogP contribution in [-0.2, 0) is 16.1 Å². The summed E-state index contributed by atoms with van der Waals surface area (Å²) in [4.78, 5) is 21.8. The molecule has 1 amide bonds. The Morgan fingerprint density at radius 2 is 2.31 bits per heavy atom. The average molecular weight is 223 g/mol. The lowest BCUT2D eigenvalue weighted by molar-refractivity contribution is -0.137. The monoisotopic (exact) mass is 223 g/mol. The van der Waals surface area contributed by atoms with E-state index in [1.54, 1.807) is 0 Å². The van der Waals surface area contributed by atoms with Gasteiger partial charge in [0, 0.05) is 12.6 Å². The smallest absolute Gasteiger partial charge is 0.325 e. The SMILES string of the molecule is O=C(O)Cn1cc(NC(=O)CC2CC2)cn1. The normalized spacial score (nSPS) is 14.8. The Morgan fingerprint density at radius 3 is 2.94 bits per heavy atom. The van der Waals surface area contributed by atoms with Gasteiger partial charge in [0.2, 0.25) is 5.91 Å². The molecule has 1 aliphatic rings. The maximum Gasteiger partial charge on any atom is 0.325 e. The Labute approximate surface area is 92.3 Å². The van der Waals surface area contributed by atoms with E-state index in [1.165, 1.54) is 17.1 Å². The van der Waals surface area contributed by atoms with Crippen molar-refractivity contribution in [2.75, 3.05) is 5.32 Å². The van der Waals surface area contributed by atoms with Gasteiger partial charge in [-0.2, -0.15) is 5.10 Å². The second-order valence-electron chi connectivity index (χ2n) is 4.02. The summed E-state index contributed by atoms with van der Waals surface area (Å²) in [7, 11) is 0. The first-order chi connectivity index (χ1) is 7.63. The van der Waals surface area contributed by atoms with Crippen LogP contribution in [0.4, 0.5) is 5.69 Å². The molecule has 2 rings (SSSR count). The fraction of sp³-hybridized carbons (Fsp3) is 0.500. The zero-order chi connectivity index (χ0) is 11.5. The zero-order valence-electron chi connectivity index (χ0n) is 8.72. The van der Waals surface area contributed by atoms with Gasteiger partial charge in [-0.3, -0.25) is 14.3 Å². The molecule has 0 atom stereocenters. The van der Waals surface area contributed by atoms with Crippen LogP contribution in [0.15, 0.2) is 12.4 Å². The van der Waals surface area contributed by atoms with Crippen molar-refractivity contribution in [3.05, 3.63) is 12.4 Å². The van der Waals surface area contributed by atoms with Crippen LogP contribution in [0.2, 0.25) is 0 Å². The van der Waals surface area contributed by atoms with E-state index in [0.29, 0.717) is 18.0 Å². The number of nitrogens with one attached hydrogen (secondary N) is 1. The predicted octanol–water partition coefficient (Wildman–Crippen LogP) is 0.706. The molecule has 0 saturated heterocycles. The summed E-state index contributed by atoms with van der Waals surface area (Å²) in [5, 5.41) is 15.1. The van der Waals surface area contributed by atoms with E-state index in [2.05, 4.69) is 10.4 Å². The van der Waals surface area contributed by atoms with Crippen molar-refractivity contribution in [3.63, 3.8) is 0 Å². The molecule has 6 heteroatoms. The summed E-state index contributed by atoms with van der Waals surface area (Å²) in [6.45, 7) is -0.196. The van der Waals surface area contributed by atoms with E-state index in [0.717, 1.165) is 12.8 Å². The molecule has 0 bridgehead atoms. The first-order valence-corrected chi connectivity index (χ1v) is 5.17. The number of carbonyl (C=O) groups is 2. The minimum absolute atomic E-state index is 0.0302. The maximum atomic E-state index is 11.4. The molecule has 0 aromatic carbocycles. The highest BCUT2D eigenvalue weighted by Gasteiger charge is 2.24. The molecule has 1 saturated carbocycles. The molecular formula is C10H13N3O3. The Balaban J connectivity index is 1.86. The van der Waals surface area contributed by atoms with E-state index < -0.39 is 5.97 Å². The van der Waals surface area contributed by atoms with Crippen LogP contribution >= 0.6 is 0 Å². The van der Waals surface area contributed by atoms with Gasteiger partial charge in [0.15, 0.2) is 0 Å². The molecule has 6 nitrogen and oxygen atoms in total. The molecule has 0 unspecified atom stereocenters. The molecule has 2 N–H and O–H groups in total. The first-order valence-electron chi connectivity index (χ1n) is 5.17. The summed E-state index contributed by atoms with van der Waals surface area (Å²) in [6.07, 6.45) is 5.77. The van der Waals surface area contributed by atoms with E-state index in [9.17, 15) is 9.59 Å². The molecule has 16 heavy (non-hydrogen) atoms. The highest BCUT2D eigenvalue weighted by Crippen LogP contribution is 2.32. The van der Waals surface area contributed by atoms with Gasteiger partial charge in [0.1, 0.15) is 6.54 Å². The summed E-state index contributed by atoms with van der Waals surface area (Å²) in [5.41, 5.74) is 0.548. The number of aromatic nitrogens is 2. The molecular weight excluding hydrogens is 210 g/mol. The third-order valence-corrected chi connectivity index (χ3v) is 2.39. The molecule has 0 aliphatic heterocycles. The number of carboxylic acid groups (broad SMARTS) is 1. The number of rotatable bonds is 5. The fourth-order valence-electron chi connectivity index (χ4n) is 1.45. The van der Waals surface area contributed by atoms with E-state index in [1.807, 2.05) is 0 Å². The number of anilines is 1. The number of carbonyl (C=O) groups excluding carboxylic acids is 1. The molecule has 1 aliphatic carbocycles. The number of amides is 1. The van der Waals surface area contributed by atoms with Gasteiger partial charge in [-0.1, -0.05) is 0 Å². The highest BCUT2D eigenvalue weighted by molar-refractivity contribution is 5.90. The minimum Gasteiger partial charge on any atom is -0.480 e. The third-order valence-electron chi connectivity index (χ3n) is 2.39. The highest BCUT2D eigenvalue weighted by atomic mass is 16.4. The Kier molecular flexibility index (Phi) is 2.89. The Bertz CT molecular complexity index is 409. The minimum atomic E-state index is -0.959. The van der Waals surface area contributed by atoms with Crippen molar-refractivity contribution in [2.45, 2.75) is 25.8 Å². The largest absolute Gasteiger partial charge is 0.480 e. The van der Waals surface area contributed by atoms with Gasteiger partial charge in [-0.15, -0.1) is 0 Å². The zero-order valence-corrected chi connectivity index (χ0v) is 8.72. The van der Waals surface area contributed by atoms with Gasteiger partial charge in [0.05, 0.1) is 11.9 Å². The number of aliphatic carboxylic acids is 1. The van der Waals surface area contributed by atoms with Crippen molar-refractivity contribution >= 4 is 17.6 Å². The van der Waals surface area contributed by atoms with Gasteiger partial charge in [-0.25, -0.2) is 0 Å². The lowest BCUT2D eigenvalue weighted by atomic mass is 10.3. The summed E-state index contributed by atoms with van der Waals surface area (Å²) >= 11 is 0. The van der Waals surface area contributed by atoms with Gasteiger partial charge >= 0.3 is 5.97 Å². The Morgan fingerprint density at radius 1 is 1.56 bits per heavy atom. The quantitative estimate of drug-likeness (QED) is 0.769. The van der Waals surface area contributed by atoms with Crippen molar-refractivity contribution < 1.29 is 14.7 Å². The van der Waals surface area contributed by atoms with E-state index in [4.69, 9.17) is 5.11 Å². The van der Waals surface area contributed by atoms with E-state index >= 15 is 0 Å². The van der Waals surface area contributed by atoms with Crippen molar-refractivity contribution in [1.29, 1.82) is 0 Å². The summed E-state index contributed by atoms with van der Waals surface area (Å²) in [6, 6.07) is 0. The molecule has 1 aromatic heterocycles. The number of nitrogens with zero attached hydrogens (tertiary/aromatic N) is 2. The standard InChI is InChI=1S/C10H13N3O3/c14-9(3-7-1-2-7)12-8-4-11-13(5-8)6-10(15)16/h4-5,7H,1-3,6H2,(H,12,14)(H,15,16). The molecule has 1 aromatic rings. The topological polar surface area (TPSA) is 84.2 Å². The number of hydrogen-bond acceptors (Lipinski definition) is 3. The van der Waals surface area contributed by atoms with Crippen molar-refractivity contribution in [3.8, 4) is 0 Å². The fourth-order valence-corrected chi connectivity index (χ4v) is 1.45. The van der Waals surface area contributed by atoms with Crippen LogP contribution in [0.25, 0.3) is 0 Å². The van der Waals surface area contributed by atoms with Crippen LogP contribution in [0.3, 0.4) is 0 Å². The third kappa shape index (κ3) is 3.08. The summed E-state index contributed by atoms with van der Waals surface area (Å²) < 4.78 is 1.27. The lowest BCUT2D eigenvalue weighted by Gasteiger charge is -2.00. The van der Waals surface area contributed by atoms with E-state index in [-0.39, 0.29) is 12.5 Å². The van der Waals surface area contributed by atoms with Gasteiger partial charge < -0.3 is 10.4 Å². The maximum absolute atomic E-state index is 11.4. The molecule has 1 heterocycles. The molecule has 0 radical (unpaired) electrons. The van der Waals surface area contributed by atoms with Gasteiger partial charge in [0.25, 0.3) is 0 Å². The average Bonchev–Trinajstić information content (AvgIpc) is 2.87. The van der Waals surface area contributed by atoms with Crippen molar-refractivity contribution in [1.82, 2.24) is 9.78 Å². The first kappa shape index (κ1) is 10.7. The second kappa shape index (κ2) is 4.34. The molecule has 86 valence electrons. The summed E-state index contributed by atoms with van der Waals surface area (Å²) in [5.74, 6) is -0.453. The van der Waals surface area contributed by atoms with Crippen LogP contribution in [0, 0.1) is 5.92 Å². The number of hydrogen-bond donors (Lipinski definition) is 2. The van der Waals surface area contributed by atoms with Crippen LogP contribution in [-0.4, -0.2) is 26.8 Å². The van der Waals surface area contributed by atoms with Crippen molar-refractivity contribution in [2.24, 2.45) is 5.92 Å². The van der Waals surface area contributed by atoms with Crippen LogP contribution in [0.5, 0.6) is 0 Å². The van der Waals surface area contributed by atoms with Crippen LogP contribution in [0.1, 0.15) is 19.3 Å². The molecule has 1 fully saturated rings. The Hall–Kier alpha value is -1.85. The molecule has 0 spiro atoms.